The quantitative estimate of drug-likeness (QED) is 0.411. The zero-order valence-corrected chi connectivity index (χ0v) is 19.4. The van der Waals surface area contributed by atoms with Gasteiger partial charge in [0, 0.05) is 43.5 Å². The van der Waals surface area contributed by atoms with E-state index >= 15 is 0 Å². The minimum absolute atomic E-state index is 0.0502. The second kappa shape index (κ2) is 9.75. The lowest BCUT2D eigenvalue weighted by molar-refractivity contribution is -0.119. The van der Waals surface area contributed by atoms with Gasteiger partial charge in [-0.3, -0.25) is 4.79 Å². The van der Waals surface area contributed by atoms with E-state index in [2.05, 4.69) is 37.2 Å². The molecule has 1 aromatic carbocycles. The van der Waals surface area contributed by atoms with Crippen LogP contribution in [-0.4, -0.2) is 60.5 Å². The third-order valence-corrected chi connectivity index (χ3v) is 5.59. The normalized spacial score (nSPS) is 14.6. The number of aromatic nitrogens is 2. The number of hydrogen-bond donors (Lipinski definition) is 1. The second-order valence-corrected chi connectivity index (χ2v) is 9.42. The first-order valence-electron chi connectivity index (χ1n) is 9.86. The van der Waals surface area contributed by atoms with Crippen molar-refractivity contribution in [2.75, 3.05) is 48.8 Å². The molecule has 1 aromatic heterocycles. The van der Waals surface area contributed by atoms with E-state index in [9.17, 15) is 4.79 Å². The first-order valence-corrected chi connectivity index (χ1v) is 11.2. The van der Waals surface area contributed by atoms with Crippen molar-refractivity contribution in [1.29, 1.82) is 0 Å². The number of rotatable bonds is 6. The summed E-state index contributed by atoms with van der Waals surface area (Å²) in [4.78, 5) is 25.5. The lowest BCUT2D eigenvalue weighted by Gasteiger charge is -2.36. The Morgan fingerprint density at radius 3 is 2.37 bits per heavy atom. The summed E-state index contributed by atoms with van der Waals surface area (Å²) in [5.74, 6) is 1.85. The fourth-order valence-electron chi connectivity index (χ4n) is 3.18. The van der Waals surface area contributed by atoms with Gasteiger partial charge in [0.2, 0.25) is 5.91 Å². The third-order valence-electron chi connectivity index (χ3n) is 4.55. The number of benzene rings is 1. The monoisotopic (exact) mass is 449 g/mol. The minimum Gasteiger partial charge on any atom is -0.497 e. The minimum atomic E-state index is -0.262. The van der Waals surface area contributed by atoms with Gasteiger partial charge < -0.3 is 19.9 Å². The van der Waals surface area contributed by atoms with Gasteiger partial charge in [-0.1, -0.05) is 23.4 Å². The number of thioether (sulfide) groups is 1. The van der Waals surface area contributed by atoms with Crippen molar-refractivity contribution in [2.45, 2.75) is 31.5 Å². The van der Waals surface area contributed by atoms with Crippen molar-refractivity contribution < 1.29 is 9.53 Å². The molecular formula is C21H28ClN5O2S. The van der Waals surface area contributed by atoms with Crippen molar-refractivity contribution in [3.8, 4) is 5.75 Å². The molecule has 2 aromatic rings. The van der Waals surface area contributed by atoms with E-state index in [4.69, 9.17) is 16.3 Å². The average molecular weight is 450 g/mol. The Morgan fingerprint density at radius 2 is 1.77 bits per heavy atom. The first-order chi connectivity index (χ1) is 14.2. The Bertz CT molecular complexity index is 865. The highest BCUT2D eigenvalue weighted by Crippen LogP contribution is 2.25. The SMILES string of the molecule is COc1ccc(N2CCN(c3cc(Cl)nc(SCC(=O)NC(C)(C)C)n3)CC2)cc1. The van der Waals surface area contributed by atoms with Crippen LogP contribution >= 0.6 is 23.4 Å². The molecule has 162 valence electrons. The largest absolute Gasteiger partial charge is 0.497 e. The van der Waals surface area contributed by atoms with Gasteiger partial charge in [-0.15, -0.1) is 0 Å². The van der Waals surface area contributed by atoms with E-state index in [1.807, 2.05) is 32.9 Å². The summed E-state index contributed by atoms with van der Waals surface area (Å²) in [5, 5.41) is 3.84. The highest BCUT2D eigenvalue weighted by Gasteiger charge is 2.20. The number of carbonyl (C=O) groups excluding carboxylic acids is 1. The molecule has 1 aliphatic rings. The van der Waals surface area contributed by atoms with Crippen LogP contribution in [0.15, 0.2) is 35.5 Å². The molecule has 30 heavy (non-hydrogen) atoms. The maximum atomic E-state index is 12.1. The van der Waals surface area contributed by atoms with Crippen LogP contribution in [0.3, 0.4) is 0 Å². The van der Waals surface area contributed by atoms with E-state index < -0.39 is 0 Å². The van der Waals surface area contributed by atoms with Crippen molar-refractivity contribution in [2.24, 2.45) is 0 Å². The number of nitrogens with zero attached hydrogens (tertiary/aromatic N) is 4. The van der Waals surface area contributed by atoms with Crippen molar-refractivity contribution in [3.05, 3.63) is 35.5 Å². The van der Waals surface area contributed by atoms with Gasteiger partial charge in [-0.25, -0.2) is 9.97 Å². The van der Waals surface area contributed by atoms with Crippen LogP contribution in [0, 0.1) is 0 Å². The summed E-state index contributed by atoms with van der Waals surface area (Å²) in [5.41, 5.74) is 0.916. The molecule has 0 radical (unpaired) electrons. The molecule has 2 heterocycles. The second-order valence-electron chi connectivity index (χ2n) is 8.09. The first kappa shape index (κ1) is 22.5. The van der Waals surface area contributed by atoms with Crippen LogP contribution in [0.25, 0.3) is 0 Å². The number of piperazine rings is 1. The van der Waals surface area contributed by atoms with Crippen molar-refractivity contribution in [3.63, 3.8) is 0 Å². The van der Waals surface area contributed by atoms with Gasteiger partial charge >= 0.3 is 0 Å². The summed E-state index contributed by atoms with van der Waals surface area (Å²) < 4.78 is 5.23. The molecule has 0 aliphatic carbocycles. The summed E-state index contributed by atoms with van der Waals surface area (Å²) in [7, 11) is 1.67. The van der Waals surface area contributed by atoms with E-state index in [0.29, 0.717) is 10.3 Å². The van der Waals surface area contributed by atoms with Gasteiger partial charge in [0.15, 0.2) is 5.16 Å². The Labute approximate surface area is 187 Å². The van der Waals surface area contributed by atoms with E-state index in [1.54, 1.807) is 13.2 Å². The van der Waals surface area contributed by atoms with Crippen LogP contribution in [-0.2, 0) is 4.79 Å². The van der Waals surface area contributed by atoms with Gasteiger partial charge in [0.05, 0.1) is 12.9 Å². The lowest BCUT2D eigenvalue weighted by Crippen LogP contribution is -2.46. The van der Waals surface area contributed by atoms with Crippen LogP contribution in [0.4, 0.5) is 11.5 Å². The number of halogens is 1. The molecule has 0 bridgehead atoms. The van der Waals surface area contributed by atoms with Gasteiger partial charge in [-0.2, -0.15) is 0 Å². The Morgan fingerprint density at radius 1 is 1.13 bits per heavy atom. The molecule has 0 spiro atoms. The Balaban J connectivity index is 1.59. The van der Waals surface area contributed by atoms with Crippen LogP contribution in [0.2, 0.25) is 5.15 Å². The van der Waals surface area contributed by atoms with E-state index in [-0.39, 0.29) is 17.2 Å². The molecule has 0 saturated carbocycles. The molecule has 1 amide bonds. The van der Waals surface area contributed by atoms with Crippen LogP contribution in [0.5, 0.6) is 5.75 Å². The predicted molar refractivity (Wildman–Crippen MR) is 123 cm³/mol. The van der Waals surface area contributed by atoms with Crippen LogP contribution in [0.1, 0.15) is 20.8 Å². The summed E-state index contributed by atoms with van der Waals surface area (Å²) in [6, 6.07) is 9.89. The van der Waals surface area contributed by atoms with Crippen molar-refractivity contribution >= 4 is 40.8 Å². The zero-order chi connectivity index (χ0) is 21.7. The molecule has 1 fully saturated rings. The number of hydrogen-bond acceptors (Lipinski definition) is 7. The smallest absolute Gasteiger partial charge is 0.230 e. The number of nitrogens with one attached hydrogen (secondary N) is 1. The molecule has 1 saturated heterocycles. The Hall–Kier alpha value is -2.19. The number of methoxy groups -OCH3 is 1. The molecule has 0 atom stereocenters. The standard InChI is InChI=1S/C21H28ClN5O2S/c1-21(2,3)25-19(28)14-30-20-23-17(22)13-18(24-20)27-11-9-26(10-12-27)15-5-7-16(29-4)8-6-15/h5-8,13H,9-12,14H2,1-4H3,(H,25,28). The summed E-state index contributed by atoms with van der Waals surface area (Å²) >= 11 is 7.52. The average Bonchev–Trinajstić information content (AvgIpc) is 2.71. The number of carbonyl (C=O) groups is 1. The summed E-state index contributed by atoms with van der Waals surface area (Å²) in [6.07, 6.45) is 0. The molecule has 7 nitrogen and oxygen atoms in total. The topological polar surface area (TPSA) is 70.6 Å². The predicted octanol–water partition coefficient (Wildman–Crippen LogP) is 3.47. The zero-order valence-electron chi connectivity index (χ0n) is 17.8. The Kier molecular flexibility index (Phi) is 7.31. The lowest BCUT2D eigenvalue weighted by atomic mass is 10.1. The van der Waals surface area contributed by atoms with E-state index in [1.165, 1.54) is 17.4 Å². The molecule has 9 heteroatoms. The maximum Gasteiger partial charge on any atom is 0.230 e. The van der Waals surface area contributed by atoms with Crippen molar-refractivity contribution in [1.82, 2.24) is 15.3 Å². The molecule has 1 N–H and O–H groups in total. The number of amides is 1. The molecule has 1 aliphatic heterocycles. The fraction of sp³-hybridized carbons (Fsp3) is 0.476. The molecule has 0 unspecified atom stereocenters. The molecular weight excluding hydrogens is 422 g/mol. The highest BCUT2D eigenvalue weighted by atomic mass is 35.5. The fourth-order valence-corrected chi connectivity index (χ4v) is 4.06. The van der Waals surface area contributed by atoms with E-state index in [0.717, 1.165) is 37.7 Å². The molecule has 3 rings (SSSR count). The number of anilines is 2. The van der Waals surface area contributed by atoms with Crippen LogP contribution < -0.4 is 19.9 Å². The van der Waals surface area contributed by atoms with Gasteiger partial charge in [-0.05, 0) is 45.0 Å². The van der Waals surface area contributed by atoms with Gasteiger partial charge in [0.25, 0.3) is 0 Å². The highest BCUT2D eigenvalue weighted by molar-refractivity contribution is 7.99. The third kappa shape index (κ3) is 6.40. The van der Waals surface area contributed by atoms with Gasteiger partial charge in [0.1, 0.15) is 16.7 Å². The maximum absolute atomic E-state index is 12.1. The number of ether oxygens (including phenoxy) is 1. The summed E-state index contributed by atoms with van der Waals surface area (Å²) in [6.45, 7) is 9.27.